The molecule has 2 aliphatic rings. The number of hydrogen-bond donors (Lipinski definition) is 0. The van der Waals surface area contributed by atoms with Gasteiger partial charge >= 0.3 is 0 Å². The minimum atomic E-state index is -0.403. The molecule has 0 unspecified atom stereocenters. The van der Waals surface area contributed by atoms with Crippen LogP contribution in [0.5, 0.6) is 0 Å². The van der Waals surface area contributed by atoms with E-state index < -0.39 is 5.41 Å². The van der Waals surface area contributed by atoms with Gasteiger partial charge in [0.1, 0.15) is 0 Å². The maximum absolute atomic E-state index is 2.76. The van der Waals surface area contributed by atoms with E-state index in [9.17, 15) is 0 Å². The average Bonchev–Trinajstić information content (AvgIpc) is 0.799. The lowest BCUT2D eigenvalue weighted by molar-refractivity contribution is 0.590. The normalized spacial score (nSPS) is 12.9. The van der Waals surface area contributed by atoms with Crippen LogP contribution in [0.15, 0.2) is 388 Å². The summed E-state index contributed by atoms with van der Waals surface area (Å²) >= 11 is 0. The molecule has 0 saturated carbocycles. The van der Waals surface area contributed by atoms with Crippen LogP contribution in [0.25, 0.3) is 165 Å². The van der Waals surface area contributed by atoms with Crippen LogP contribution in [0.1, 0.15) is 79.0 Å². The minimum absolute atomic E-state index is 0.0895. The van der Waals surface area contributed by atoms with Gasteiger partial charge in [-0.15, -0.1) is 0 Å². The zero-order valence-electron chi connectivity index (χ0n) is 70.8. The van der Waals surface area contributed by atoms with Crippen LogP contribution < -0.4 is 26.2 Å². The molecule has 5 heteroatoms. The van der Waals surface area contributed by atoms with Crippen molar-refractivity contribution in [1.29, 1.82) is 0 Å². The van der Waals surface area contributed by atoms with E-state index in [4.69, 9.17) is 0 Å². The van der Waals surface area contributed by atoms with E-state index in [0.29, 0.717) is 0 Å². The fourth-order valence-electron chi connectivity index (χ4n) is 20.6. The molecule has 0 aliphatic carbocycles. The van der Waals surface area contributed by atoms with Gasteiger partial charge < -0.3 is 18.9 Å². The van der Waals surface area contributed by atoms with Gasteiger partial charge in [-0.3, -0.25) is 0 Å². The summed E-state index contributed by atoms with van der Waals surface area (Å²) in [5.41, 5.74) is 34.0. The smallest absolute Gasteiger partial charge is 0.252 e. The third-order valence-corrected chi connectivity index (χ3v) is 26.7. The Hall–Kier alpha value is -14.5. The van der Waals surface area contributed by atoms with Gasteiger partial charge in [-0.05, 0) is 211 Å². The molecule has 0 atom stereocenters. The zero-order chi connectivity index (χ0) is 82.9. The summed E-state index contributed by atoms with van der Waals surface area (Å²) in [7, 11) is 0. The number of benzene rings is 19. The molecule has 0 N–H and O–H groups in total. The number of hydrogen-bond acceptors (Lipinski definition) is 2. The van der Waals surface area contributed by atoms with Crippen LogP contribution in [0, 0.1) is 0 Å². The second-order valence-corrected chi connectivity index (χ2v) is 37.1. The first-order valence-electron chi connectivity index (χ1n) is 43.5. The van der Waals surface area contributed by atoms with Crippen molar-refractivity contribution in [2.45, 2.75) is 78.6 Å². The van der Waals surface area contributed by atoms with E-state index in [1.807, 2.05) is 0 Å². The van der Waals surface area contributed by atoms with Crippen LogP contribution in [-0.4, -0.2) is 15.8 Å². The number of nitrogens with zero attached hydrogens (tertiary/aromatic N) is 4. The number of fused-ring (bicyclic) bond motifs is 16. The summed E-state index contributed by atoms with van der Waals surface area (Å²) in [5, 5.41) is 14.6. The number of rotatable bonds is 10. The third kappa shape index (κ3) is 11.9. The predicted molar refractivity (Wildman–Crippen MR) is 528 cm³/mol. The van der Waals surface area contributed by atoms with Gasteiger partial charge in [-0.1, -0.05) is 366 Å². The van der Waals surface area contributed by atoms with Crippen LogP contribution in [0.3, 0.4) is 0 Å². The molecule has 0 bridgehead atoms. The molecule has 19 aromatic carbocycles. The zero-order valence-corrected chi connectivity index (χ0v) is 70.8. The summed E-state index contributed by atoms with van der Waals surface area (Å²) in [6.45, 7) is 20.9. The summed E-state index contributed by atoms with van der Waals surface area (Å²) in [6.07, 6.45) is 0. The standard InChI is InChI=1S/C118H91BN4/c1-116(2,3)84-54-62-105-101(68-84)95-58-52-80-42-24-28-48-93(80)112(95)120(105)87-56-60-103-107(72-87)122(114-97(76-32-14-10-15-33-76)64-82(65-98(114)77-34-16-11-17-35-77)91-50-30-44-74-40-22-26-46-89(74)91)109-70-86(118(7,8)9)71-110-111(109)119(103)104-61-57-88(121-106-63-55-85(117(4,5)6)69-102(106)96-59-53-81-43-25-29-49-94(81)113(96)121)73-108(104)123(110)115-99(78-36-18-12-19-37-78)66-83(67-100(115)79-38-20-13-21-39-79)92-51-31-45-75-41-23-27-47-90(75)92/h10-73H,1-9H3. The molecule has 4 nitrogen and oxygen atoms in total. The molecule has 0 saturated heterocycles. The molecule has 2 aliphatic heterocycles. The highest BCUT2D eigenvalue weighted by molar-refractivity contribution is 7.00. The van der Waals surface area contributed by atoms with E-state index in [1.165, 1.54) is 120 Å². The first kappa shape index (κ1) is 73.6. The highest BCUT2D eigenvalue weighted by Crippen LogP contribution is 2.57. The van der Waals surface area contributed by atoms with Gasteiger partial charge in [0.15, 0.2) is 0 Å². The molecular formula is C118H91BN4. The second-order valence-electron chi connectivity index (χ2n) is 37.1. The van der Waals surface area contributed by atoms with E-state index in [1.54, 1.807) is 0 Å². The van der Waals surface area contributed by atoms with Gasteiger partial charge in [0.2, 0.25) is 0 Å². The lowest BCUT2D eigenvalue weighted by atomic mass is 9.33. The third-order valence-electron chi connectivity index (χ3n) is 26.7. The van der Waals surface area contributed by atoms with Crippen molar-refractivity contribution in [3.8, 4) is 78.1 Å². The highest BCUT2D eigenvalue weighted by Gasteiger charge is 2.47. The van der Waals surface area contributed by atoms with Gasteiger partial charge in [-0.2, -0.15) is 0 Å². The number of aromatic nitrogens is 2. The first-order valence-corrected chi connectivity index (χ1v) is 43.5. The minimum Gasteiger partial charge on any atom is -0.310 e. The molecule has 123 heavy (non-hydrogen) atoms. The molecule has 586 valence electrons. The Kier molecular flexibility index (Phi) is 16.8. The summed E-state index contributed by atoms with van der Waals surface area (Å²) in [6, 6.07) is 149. The number of anilines is 6. The van der Waals surface area contributed by atoms with Crippen LogP contribution in [0.2, 0.25) is 0 Å². The van der Waals surface area contributed by atoms with E-state index >= 15 is 0 Å². The maximum Gasteiger partial charge on any atom is 0.252 e. The second kappa shape index (κ2) is 28.0. The van der Waals surface area contributed by atoms with Crippen molar-refractivity contribution in [2.75, 3.05) is 9.80 Å². The summed E-state index contributed by atoms with van der Waals surface area (Å²) in [4.78, 5) is 5.52. The topological polar surface area (TPSA) is 16.3 Å². The quantitative estimate of drug-likeness (QED) is 0.127. The van der Waals surface area contributed by atoms with Gasteiger partial charge in [-0.25, -0.2) is 0 Å². The Morgan fingerprint density at radius 3 is 0.894 bits per heavy atom. The summed E-state index contributed by atoms with van der Waals surface area (Å²) in [5.74, 6) is 0. The van der Waals surface area contributed by atoms with E-state index in [2.05, 4.69) is 469 Å². The molecule has 21 aromatic rings. The first-order chi connectivity index (χ1) is 59.9. The molecule has 0 radical (unpaired) electrons. The average molecular weight is 1580 g/mol. The van der Waals surface area contributed by atoms with Crippen molar-refractivity contribution in [3.05, 3.63) is 405 Å². The summed E-state index contributed by atoms with van der Waals surface area (Å²) < 4.78 is 5.20. The Balaban J connectivity index is 0.906. The Labute approximate surface area is 719 Å². The van der Waals surface area contributed by atoms with Crippen molar-refractivity contribution >= 4 is 144 Å². The van der Waals surface area contributed by atoms with Gasteiger partial charge in [0.25, 0.3) is 6.71 Å². The van der Waals surface area contributed by atoms with Crippen LogP contribution in [-0.2, 0) is 16.2 Å². The molecule has 23 rings (SSSR count). The monoisotopic (exact) mass is 1570 g/mol. The van der Waals surface area contributed by atoms with Crippen molar-refractivity contribution in [3.63, 3.8) is 0 Å². The lowest BCUT2D eigenvalue weighted by Gasteiger charge is -2.46. The van der Waals surface area contributed by atoms with E-state index in [0.717, 1.165) is 112 Å². The Morgan fingerprint density at radius 1 is 0.211 bits per heavy atom. The molecule has 2 aromatic heterocycles. The van der Waals surface area contributed by atoms with Gasteiger partial charge in [0.05, 0.1) is 33.4 Å². The molecule has 0 fully saturated rings. The Morgan fingerprint density at radius 2 is 0.537 bits per heavy atom. The SMILES string of the molecule is CC(C)(C)c1cc2c3c(c1)N(c1c(-c4ccccc4)cc(-c4cccc5ccccc45)cc1-c1ccccc1)c1cc(-n4c5ccc(C(C)(C)C)cc5c5ccc6ccccc6c54)ccc1B3c1ccc(-n3c4ccc(C(C)(C)C)cc4c4ccc5ccccc5c43)cc1N2c1c(-c2ccccc2)cc(-c2cccc3ccccc23)cc1-c1ccccc1. The lowest BCUT2D eigenvalue weighted by Crippen LogP contribution is -2.61. The van der Waals surface area contributed by atoms with Gasteiger partial charge in [0, 0.05) is 88.7 Å². The highest BCUT2D eigenvalue weighted by atomic mass is 15.2. The molecule has 0 spiro atoms. The molecule has 0 amide bonds. The molecule has 4 heterocycles. The predicted octanol–water partition coefficient (Wildman–Crippen LogP) is 30.5. The van der Waals surface area contributed by atoms with Crippen LogP contribution >= 0.6 is 0 Å². The molecular weight excluding hydrogens is 1480 g/mol. The van der Waals surface area contributed by atoms with E-state index in [-0.39, 0.29) is 17.5 Å². The van der Waals surface area contributed by atoms with Crippen molar-refractivity contribution < 1.29 is 0 Å². The largest absolute Gasteiger partial charge is 0.310 e. The van der Waals surface area contributed by atoms with Crippen molar-refractivity contribution in [2.24, 2.45) is 0 Å². The Bertz CT molecular complexity index is 7340. The fraction of sp³-hybridized carbons (Fsp3) is 0.102. The van der Waals surface area contributed by atoms with Crippen molar-refractivity contribution in [1.82, 2.24) is 9.13 Å². The maximum atomic E-state index is 2.76. The van der Waals surface area contributed by atoms with Crippen LogP contribution in [0.4, 0.5) is 34.1 Å². The fourth-order valence-corrected chi connectivity index (χ4v) is 20.6.